The first-order valence-corrected chi connectivity index (χ1v) is 11.6. The van der Waals surface area contributed by atoms with Gasteiger partial charge < -0.3 is 24.4 Å². The van der Waals surface area contributed by atoms with Crippen LogP contribution >= 0.6 is 0 Å². The lowest BCUT2D eigenvalue weighted by molar-refractivity contribution is -0.133. The van der Waals surface area contributed by atoms with Crippen LogP contribution in [0.25, 0.3) is 0 Å². The standard InChI is InChI=1S/C23H32N6O3/c1-2-24-20-15-21(26-17-25-20)29-9-3-5-18(16-29)7-8-22(30)27-10-12-28(13-11-27)23(31)19-6-4-14-32-19/h4,6,14-15,17-18H,2-3,5,7-13,16H2,1H3,(H,24,25,26)/t18-/m0/s1. The normalized spacial score (nSPS) is 19.2. The van der Waals surface area contributed by atoms with E-state index in [-0.39, 0.29) is 11.8 Å². The van der Waals surface area contributed by atoms with Gasteiger partial charge in [-0.05, 0) is 44.2 Å². The highest BCUT2D eigenvalue weighted by Gasteiger charge is 2.27. The van der Waals surface area contributed by atoms with Crippen molar-refractivity contribution in [2.24, 2.45) is 5.92 Å². The fourth-order valence-corrected chi connectivity index (χ4v) is 4.51. The van der Waals surface area contributed by atoms with Crippen LogP contribution in [0.5, 0.6) is 0 Å². The summed E-state index contributed by atoms with van der Waals surface area (Å²) in [5.74, 6) is 2.71. The maximum Gasteiger partial charge on any atom is 0.289 e. The van der Waals surface area contributed by atoms with E-state index in [0.29, 0.717) is 44.3 Å². The van der Waals surface area contributed by atoms with Gasteiger partial charge in [-0.25, -0.2) is 9.97 Å². The SMILES string of the molecule is CCNc1cc(N2CCC[C@@H](CCC(=O)N3CCN(C(=O)c4ccco4)CC3)C2)ncn1. The molecule has 2 aromatic rings. The molecule has 9 nitrogen and oxygen atoms in total. The molecule has 172 valence electrons. The van der Waals surface area contributed by atoms with E-state index in [9.17, 15) is 9.59 Å². The van der Waals surface area contributed by atoms with Crippen LogP contribution < -0.4 is 10.2 Å². The molecule has 4 heterocycles. The molecule has 2 amide bonds. The van der Waals surface area contributed by atoms with Crippen LogP contribution in [0, 0.1) is 5.92 Å². The van der Waals surface area contributed by atoms with E-state index in [2.05, 4.69) is 20.2 Å². The number of aromatic nitrogens is 2. The number of hydrogen-bond acceptors (Lipinski definition) is 7. The van der Waals surface area contributed by atoms with Crippen LogP contribution in [0.2, 0.25) is 0 Å². The molecule has 0 bridgehead atoms. The van der Waals surface area contributed by atoms with Crippen LogP contribution in [-0.4, -0.2) is 77.4 Å². The zero-order valence-corrected chi connectivity index (χ0v) is 18.7. The minimum Gasteiger partial charge on any atom is -0.459 e. The highest BCUT2D eigenvalue weighted by Crippen LogP contribution is 2.26. The number of carbonyl (C=O) groups excluding carboxylic acids is 2. The van der Waals surface area contributed by atoms with Gasteiger partial charge in [0.25, 0.3) is 5.91 Å². The summed E-state index contributed by atoms with van der Waals surface area (Å²) in [7, 11) is 0. The van der Waals surface area contributed by atoms with Gasteiger partial charge in [0.2, 0.25) is 5.91 Å². The first kappa shape index (κ1) is 22.1. The lowest BCUT2D eigenvalue weighted by Gasteiger charge is -2.36. The Kier molecular flexibility index (Phi) is 7.24. The van der Waals surface area contributed by atoms with Crippen LogP contribution in [-0.2, 0) is 4.79 Å². The number of nitrogens with one attached hydrogen (secondary N) is 1. The van der Waals surface area contributed by atoms with E-state index >= 15 is 0 Å². The molecule has 1 atom stereocenters. The summed E-state index contributed by atoms with van der Waals surface area (Å²) in [6.45, 7) is 7.03. The molecule has 2 saturated heterocycles. The van der Waals surface area contributed by atoms with Gasteiger partial charge in [-0.2, -0.15) is 0 Å². The van der Waals surface area contributed by atoms with Crippen LogP contribution in [0.15, 0.2) is 35.2 Å². The summed E-state index contributed by atoms with van der Waals surface area (Å²) in [6, 6.07) is 5.39. The molecule has 9 heteroatoms. The van der Waals surface area contributed by atoms with Gasteiger partial charge in [0, 0.05) is 58.3 Å². The molecule has 0 spiro atoms. The molecule has 32 heavy (non-hydrogen) atoms. The lowest BCUT2D eigenvalue weighted by Crippen LogP contribution is -2.50. The molecule has 0 unspecified atom stereocenters. The largest absolute Gasteiger partial charge is 0.459 e. The van der Waals surface area contributed by atoms with Crippen LogP contribution in [0.3, 0.4) is 0 Å². The third-order valence-electron chi connectivity index (χ3n) is 6.27. The zero-order valence-electron chi connectivity index (χ0n) is 18.7. The molecule has 2 aromatic heterocycles. The second-order valence-electron chi connectivity index (χ2n) is 8.44. The van der Waals surface area contributed by atoms with Gasteiger partial charge in [0.05, 0.1) is 6.26 Å². The number of nitrogens with zero attached hydrogens (tertiary/aromatic N) is 5. The average molecular weight is 441 g/mol. The first-order chi connectivity index (χ1) is 15.6. The lowest BCUT2D eigenvalue weighted by atomic mass is 9.93. The third-order valence-corrected chi connectivity index (χ3v) is 6.27. The maximum absolute atomic E-state index is 12.8. The van der Waals surface area contributed by atoms with Crippen molar-refractivity contribution in [1.29, 1.82) is 0 Å². The Morgan fingerprint density at radius 2 is 1.97 bits per heavy atom. The van der Waals surface area contributed by atoms with E-state index in [1.807, 2.05) is 17.9 Å². The van der Waals surface area contributed by atoms with Crippen LogP contribution in [0.4, 0.5) is 11.6 Å². The Hall–Kier alpha value is -3.10. The zero-order chi connectivity index (χ0) is 22.3. The van der Waals surface area contributed by atoms with Gasteiger partial charge in [0.15, 0.2) is 5.76 Å². The van der Waals surface area contributed by atoms with E-state index < -0.39 is 0 Å². The maximum atomic E-state index is 12.8. The minimum absolute atomic E-state index is 0.105. The average Bonchev–Trinajstić information content (AvgIpc) is 3.38. The second-order valence-corrected chi connectivity index (χ2v) is 8.44. The number of hydrogen-bond donors (Lipinski definition) is 1. The predicted octanol–water partition coefficient (Wildman–Crippen LogP) is 2.48. The number of anilines is 2. The Balaban J connectivity index is 1.23. The molecule has 0 aliphatic carbocycles. The van der Waals surface area contributed by atoms with Crippen molar-refractivity contribution >= 4 is 23.5 Å². The highest BCUT2D eigenvalue weighted by atomic mass is 16.3. The smallest absolute Gasteiger partial charge is 0.289 e. The van der Waals surface area contributed by atoms with Crippen molar-refractivity contribution in [3.63, 3.8) is 0 Å². The Bertz CT molecular complexity index is 895. The number of carbonyl (C=O) groups is 2. The minimum atomic E-state index is -0.105. The van der Waals surface area contributed by atoms with Crippen LogP contribution in [0.1, 0.15) is 43.2 Å². The summed E-state index contributed by atoms with van der Waals surface area (Å²) in [6.07, 6.45) is 6.79. The molecule has 0 aromatic carbocycles. The summed E-state index contributed by atoms with van der Waals surface area (Å²) < 4.78 is 5.20. The Morgan fingerprint density at radius 3 is 2.72 bits per heavy atom. The number of amides is 2. The van der Waals surface area contributed by atoms with Gasteiger partial charge in [-0.15, -0.1) is 0 Å². The molecule has 4 rings (SSSR count). The molecule has 2 aliphatic rings. The van der Waals surface area contributed by atoms with E-state index in [1.54, 1.807) is 23.4 Å². The molecule has 0 saturated carbocycles. The van der Waals surface area contributed by atoms with Crippen molar-refractivity contribution < 1.29 is 14.0 Å². The van der Waals surface area contributed by atoms with Gasteiger partial charge in [-0.3, -0.25) is 9.59 Å². The third kappa shape index (κ3) is 5.38. The fraction of sp³-hybridized carbons (Fsp3) is 0.565. The monoisotopic (exact) mass is 440 g/mol. The van der Waals surface area contributed by atoms with Crippen molar-refractivity contribution in [2.75, 3.05) is 56.0 Å². The first-order valence-electron chi connectivity index (χ1n) is 11.6. The van der Waals surface area contributed by atoms with Gasteiger partial charge in [-0.1, -0.05) is 0 Å². The Morgan fingerprint density at radius 1 is 1.16 bits per heavy atom. The van der Waals surface area contributed by atoms with E-state index in [1.165, 1.54) is 6.26 Å². The molecule has 2 aliphatic heterocycles. The second kappa shape index (κ2) is 10.5. The molecular formula is C23H32N6O3. The number of rotatable bonds is 7. The van der Waals surface area contributed by atoms with Crippen molar-refractivity contribution in [3.8, 4) is 0 Å². The molecule has 1 N–H and O–H groups in total. The molecule has 2 fully saturated rings. The summed E-state index contributed by atoms with van der Waals surface area (Å²) >= 11 is 0. The fourth-order valence-electron chi connectivity index (χ4n) is 4.51. The summed E-state index contributed by atoms with van der Waals surface area (Å²) in [5, 5.41) is 3.23. The predicted molar refractivity (Wildman–Crippen MR) is 122 cm³/mol. The number of furan rings is 1. The molecular weight excluding hydrogens is 408 g/mol. The summed E-state index contributed by atoms with van der Waals surface area (Å²) in [4.78, 5) is 39.8. The highest BCUT2D eigenvalue weighted by molar-refractivity contribution is 5.91. The number of piperidine rings is 1. The molecule has 0 radical (unpaired) electrons. The van der Waals surface area contributed by atoms with E-state index in [0.717, 1.165) is 50.5 Å². The van der Waals surface area contributed by atoms with Gasteiger partial charge in [0.1, 0.15) is 18.0 Å². The topological polar surface area (TPSA) is 94.8 Å². The van der Waals surface area contributed by atoms with Crippen molar-refractivity contribution in [1.82, 2.24) is 19.8 Å². The van der Waals surface area contributed by atoms with Crippen molar-refractivity contribution in [2.45, 2.75) is 32.6 Å². The quantitative estimate of drug-likeness (QED) is 0.707. The summed E-state index contributed by atoms with van der Waals surface area (Å²) in [5.41, 5.74) is 0. The van der Waals surface area contributed by atoms with E-state index in [4.69, 9.17) is 4.42 Å². The number of piperazine rings is 1. The Labute approximate surface area is 188 Å². The van der Waals surface area contributed by atoms with Crippen molar-refractivity contribution in [3.05, 3.63) is 36.5 Å². The van der Waals surface area contributed by atoms with Gasteiger partial charge >= 0.3 is 0 Å².